The van der Waals surface area contributed by atoms with E-state index >= 15 is 0 Å². The molecule has 0 saturated carbocycles. The van der Waals surface area contributed by atoms with Gasteiger partial charge in [-0.2, -0.15) is 0 Å². The summed E-state index contributed by atoms with van der Waals surface area (Å²) in [6.45, 7) is 5.45. The minimum absolute atomic E-state index is 0. The van der Waals surface area contributed by atoms with Gasteiger partial charge < -0.3 is 10.6 Å². The zero-order valence-corrected chi connectivity index (χ0v) is 18.9. The van der Waals surface area contributed by atoms with Gasteiger partial charge >= 0.3 is 0 Å². The van der Waals surface area contributed by atoms with Crippen LogP contribution in [0.1, 0.15) is 20.6 Å². The Morgan fingerprint density at radius 1 is 1.04 bits per heavy atom. The molecule has 0 amide bonds. The summed E-state index contributed by atoms with van der Waals surface area (Å²) < 4.78 is 0. The van der Waals surface area contributed by atoms with Crippen LogP contribution >= 0.6 is 46.7 Å². The third-order valence-electron chi connectivity index (χ3n) is 3.73. The fourth-order valence-corrected chi connectivity index (χ4v) is 3.90. The second-order valence-electron chi connectivity index (χ2n) is 5.52. The fourth-order valence-electron chi connectivity index (χ4n) is 2.29. The number of benzene rings is 1. The maximum absolute atomic E-state index is 4.68. The van der Waals surface area contributed by atoms with Gasteiger partial charge in [0.25, 0.3) is 0 Å². The summed E-state index contributed by atoms with van der Waals surface area (Å²) in [6.07, 6.45) is 0. The number of rotatable bonds is 5. The minimum Gasteiger partial charge on any atom is -0.350 e. The molecule has 0 unspecified atom stereocenters. The van der Waals surface area contributed by atoms with Gasteiger partial charge in [-0.05, 0) is 13.8 Å². The molecule has 0 radical (unpaired) electrons. The van der Waals surface area contributed by atoms with Gasteiger partial charge in [0.2, 0.25) is 0 Å². The number of hydrogen-bond donors (Lipinski definition) is 2. The summed E-state index contributed by atoms with van der Waals surface area (Å²) in [6, 6.07) is 10.2. The topological polar surface area (TPSA) is 62.2 Å². The van der Waals surface area contributed by atoms with Crippen molar-refractivity contribution < 1.29 is 0 Å². The maximum atomic E-state index is 4.68. The molecule has 2 aromatic heterocycles. The molecule has 0 bridgehead atoms. The van der Waals surface area contributed by atoms with Gasteiger partial charge in [-0.25, -0.2) is 9.97 Å². The molecule has 3 aromatic rings. The lowest BCUT2D eigenvalue weighted by atomic mass is 10.2. The molecule has 0 aliphatic heterocycles. The number of aryl methyl sites for hydroxylation is 2. The largest absolute Gasteiger partial charge is 0.350 e. The molecule has 1 aromatic carbocycles. The Morgan fingerprint density at radius 3 is 2.35 bits per heavy atom. The van der Waals surface area contributed by atoms with Crippen molar-refractivity contribution in [1.82, 2.24) is 20.6 Å². The zero-order chi connectivity index (χ0) is 17.6. The quantitative estimate of drug-likeness (QED) is 0.311. The van der Waals surface area contributed by atoms with E-state index < -0.39 is 0 Å². The molecule has 0 atom stereocenters. The van der Waals surface area contributed by atoms with E-state index in [2.05, 4.69) is 50.0 Å². The number of halogens is 1. The monoisotopic (exact) mass is 499 g/mol. The second-order valence-corrected chi connectivity index (χ2v) is 7.75. The number of nitrogens with one attached hydrogen (secondary N) is 2. The minimum atomic E-state index is 0. The molecule has 5 nitrogen and oxygen atoms in total. The van der Waals surface area contributed by atoms with Crippen molar-refractivity contribution in [2.24, 2.45) is 4.99 Å². The maximum Gasteiger partial charge on any atom is 0.191 e. The molecular weight excluding hydrogens is 477 g/mol. The highest BCUT2D eigenvalue weighted by atomic mass is 127. The predicted molar refractivity (Wildman–Crippen MR) is 122 cm³/mol. The van der Waals surface area contributed by atoms with E-state index in [4.69, 9.17) is 0 Å². The molecular formula is C18H22IN5S2. The SMILES string of the molecule is CN=C(NCc1nc(-c2ccccc2)cs1)NCc1nc(C)c(C)s1.I. The summed E-state index contributed by atoms with van der Waals surface area (Å²) in [7, 11) is 1.77. The van der Waals surface area contributed by atoms with Crippen molar-refractivity contribution in [1.29, 1.82) is 0 Å². The molecule has 3 rings (SSSR count). The first kappa shape index (κ1) is 20.8. The second kappa shape index (κ2) is 9.98. The highest BCUT2D eigenvalue weighted by molar-refractivity contribution is 14.0. The van der Waals surface area contributed by atoms with Gasteiger partial charge in [0, 0.05) is 22.9 Å². The molecule has 0 aliphatic carbocycles. The summed E-state index contributed by atoms with van der Waals surface area (Å²) in [5, 5.41) is 10.8. The smallest absolute Gasteiger partial charge is 0.191 e. The van der Waals surface area contributed by atoms with Crippen LogP contribution in [0.25, 0.3) is 11.3 Å². The molecule has 0 spiro atoms. The first-order valence-electron chi connectivity index (χ1n) is 8.03. The number of nitrogens with zero attached hydrogens (tertiary/aromatic N) is 3. The van der Waals surface area contributed by atoms with E-state index in [0.717, 1.165) is 32.9 Å². The first-order chi connectivity index (χ1) is 12.2. The Labute approximate surface area is 179 Å². The normalized spacial score (nSPS) is 11.1. The Kier molecular flexibility index (Phi) is 7.98. The van der Waals surface area contributed by atoms with Crippen molar-refractivity contribution in [3.63, 3.8) is 0 Å². The standard InChI is InChI=1S/C18H21N5S2.HI/c1-12-13(2)25-17(22-12)10-21-18(19-3)20-9-16-23-15(11-24-16)14-7-5-4-6-8-14;/h4-8,11H,9-10H2,1-3H3,(H2,19,20,21);1H. The average Bonchev–Trinajstić information content (AvgIpc) is 3.23. The van der Waals surface area contributed by atoms with Crippen LogP contribution in [0, 0.1) is 13.8 Å². The molecule has 0 aliphatic rings. The van der Waals surface area contributed by atoms with E-state index in [1.54, 1.807) is 29.7 Å². The number of hydrogen-bond acceptors (Lipinski definition) is 5. The van der Waals surface area contributed by atoms with Crippen LogP contribution in [0.4, 0.5) is 0 Å². The van der Waals surface area contributed by atoms with Gasteiger partial charge in [0.05, 0.1) is 24.5 Å². The summed E-state index contributed by atoms with van der Waals surface area (Å²) in [5.74, 6) is 0.752. The lowest BCUT2D eigenvalue weighted by molar-refractivity contribution is 0.800. The summed E-state index contributed by atoms with van der Waals surface area (Å²) >= 11 is 3.37. The van der Waals surface area contributed by atoms with Gasteiger partial charge in [-0.3, -0.25) is 4.99 Å². The predicted octanol–water partition coefficient (Wildman–Crippen LogP) is 4.37. The average molecular weight is 499 g/mol. The highest BCUT2D eigenvalue weighted by Gasteiger charge is 2.07. The highest BCUT2D eigenvalue weighted by Crippen LogP contribution is 2.21. The van der Waals surface area contributed by atoms with Crippen LogP contribution in [0.5, 0.6) is 0 Å². The van der Waals surface area contributed by atoms with Crippen LogP contribution < -0.4 is 10.6 Å². The number of aliphatic imine (C=N–C) groups is 1. The van der Waals surface area contributed by atoms with Crippen molar-refractivity contribution in [3.8, 4) is 11.3 Å². The summed E-state index contributed by atoms with van der Waals surface area (Å²) in [5.41, 5.74) is 3.25. The fraction of sp³-hybridized carbons (Fsp3) is 0.278. The third-order valence-corrected chi connectivity index (χ3v) is 5.65. The lowest BCUT2D eigenvalue weighted by Gasteiger charge is -2.09. The van der Waals surface area contributed by atoms with E-state index in [0.29, 0.717) is 13.1 Å². The molecule has 0 fully saturated rings. The van der Waals surface area contributed by atoms with Crippen molar-refractivity contribution in [2.45, 2.75) is 26.9 Å². The Morgan fingerprint density at radius 2 is 1.73 bits per heavy atom. The number of thiazole rings is 2. The van der Waals surface area contributed by atoms with Crippen LogP contribution in [-0.2, 0) is 13.1 Å². The molecule has 2 N–H and O–H groups in total. The first-order valence-corrected chi connectivity index (χ1v) is 9.72. The van der Waals surface area contributed by atoms with Crippen LogP contribution in [0.3, 0.4) is 0 Å². The third kappa shape index (κ3) is 5.49. The van der Waals surface area contributed by atoms with Crippen molar-refractivity contribution in [2.75, 3.05) is 7.05 Å². The van der Waals surface area contributed by atoms with Crippen LogP contribution in [0.15, 0.2) is 40.7 Å². The summed E-state index contributed by atoms with van der Waals surface area (Å²) in [4.78, 5) is 14.7. The van der Waals surface area contributed by atoms with E-state index in [1.165, 1.54) is 4.88 Å². The molecule has 8 heteroatoms. The number of guanidine groups is 1. The van der Waals surface area contributed by atoms with E-state index in [1.807, 2.05) is 25.1 Å². The van der Waals surface area contributed by atoms with Gasteiger partial charge in [-0.1, -0.05) is 30.3 Å². The van der Waals surface area contributed by atoms with Crippen LogP contribution in [-0.4, -0.2) is 23.0 Å². The Hall–Kier alpha value is -1.52. The molecule has 138 valence electrons. The number of aromatic nitrogens is 2. The zero-order valence-electron chi connectivity index (χ0n) is 14.9. The van der Waals surface area contributed by atoms with Gasteiger partial charge in [-0.15, -0.1) is 46.7 Å². The lowest BCUT2D eigenvalue weighted by Crippen LogP contribution is -2.36. The molecule has 2 heterocycles. The Bertz CT molecular complexity index is 838. The van der Waals surface area contributed by atoms with Crippen molar-refractivity contribution in [3.05, 3.63) is 56.3 Å². The molecule has 26 heavy (non-hydrogen) atoms. The van der Waals surface area contributed by atoms with E-state index in [-0.39, 0.29) is 24.0 Å². The van der Waals surface area contributed by atoms with E-state index in [9.17, 15) is 0 Å². The van der Waals surface area contributed by atoms with Crippen molar-refractivity contribution >= 4 is 52.6 Å². The molecule has 0 saturated heterocycles. The Balaban J connectivity index is 0.00000243. The van der Waals surface area contributed by atoms with Gasteiger partial charge in [0.1, 0.15) is 10.0 Å². The van der Waals surface area contributed by atoms with Crippen LogP contribution in [0.2, 0.25) is 0 Å². The van der Waals surface area contributed by atoms with Gasteiger partial charge in [0.15, 0.2) is 5.96 Å².